The van der Waals surface area contributed by atoms with Crippen molar-refractivity contribution in [1.29, 1.82) is 0 Å². The Morgan fingerprint density at radius 2 is 1.95 bits per heavy atom. The van der Waals surface area contributed by atoms with Crippen molar-refractivity contribution >= 4 is 0 Å². The van der Waals surface area contributed by atoms with Crippen molar-refractivity contribution in [2.24, 2.45) is 11.8 Å². The fourth-order valence-corrected chi connectivity index (χ4v) is 3.70. The maximum absolute atomic E-state index is 10.2. The molecule has 0 aromatic rings. The monoisotopic (exact) mass is 269 g/mol. The highest BCUT2D eigenvalue weighted by molar-refractivity contribution is 4.90. The maximum Gasteiger partial charge on any atom is 0.0593 e. The van der Waals surface area contributed by atoms with Crippen LogP contribution in [0.15, 0.2) is 0 Å². The number of likely N-dealkylation sites (tertiary alicyclic amines) is 1. The first-order valence-electron chi connectivity index (χ1n) is 8.18. The van der Waals surface area contributed by atoms with E-state index < -0.39 is 0 Å². The molecule has 112 valence electrons. The predicted octanol–water partition coefficient (Wildman–Crippen LogP) is 2.67. The van der Waals surface area contributed by atoms with E-state index in [4.69, 9.17) is 4.74 Å². The van der Waals surface area contributed by atoms with E-state index in [1.165, 1.54) is 38.6 Å². The Morgan fingerprint density at radius 1 is 1.16 bits per heavy atom. The third kappa shape index (κ3) is 4.44. The minimum absolute atomic E-state index is 0.0593. The molecule has 1 heterocycles. The van der Waals surface area contributed by atoms with E-state index in [1.54, 1.807) is 0 Å². The second-order valence-electron chi connectivity index (χ2n) is 6.73. The van der Waals surface area contributed by atoms with Gasteiger partial charge in [-0.1, -0.05) is 26.7 Å². The quantitative estimate of drug-likeness (QED) is 0.753. The van der Waals surface area contributed by atoms with Gasteiger partial charge in [0.1, 0.15) is 0 Å². The van der Waals surface area contributed by atoms with Gasteiger partial charge in [0.2, 0.25) is 0 Å². The normalized spacial score (nSPS) is 33.2. The summed E-state index contributed by atoms with van der Waals surface area (Å²) in [5.74, 6) is 1.14. The molecule has 3 heteroatoms. The lowest BCUT2D eigenvalue weighted by molar-refractivity contribution is 0.0113. The van der Waals surface area contributed by atoms with Crippen LogP contribution < -0.4 is 0 Å². The zero-order valence-electron chi connectivity index (χ0n) is 12.7. The van der Waals surface area contributed by atoms with E-state index in [2.05, 4.69) is 18.7 Å². The average molecular weight is 269 g/mol. The molecule has 3 nitrogen and oxygen atoms in total. The van der Waals surface area contributed by atoms with Crippen molar-refractivity contribution in [2.45, 2.75) is 64.5 Å². The molecule has 0 aromatic heterocycles. The van der Waals surface area contributed by atoms with Crippen LogP contribution in [-0.2, 0) is 4.74 Å². The Balaban J connectivity index is 1.76. The molecule has 1 saturated carbocycles. The van der Waals surface area contributed by atoms with Gasteiger partial charge in [0.25, 0.3) is 0 Å². The van der Waals surface area contributed by atoms with Crippen molar-refractivity contribution in [1.82, 2.24) is 4.90 Å². The zero-order chi connectivity index (χ0) is 13.7. The topological polar surface area (TPSA) is 32.7 Å². The highest BCUT2D eigenvalue weighted by atomic mass is 16.5. The van der Waals surface area contributed by atoms with Crippen molar-refractivity contribution in [3.05, 3.63) is 0 Å². The maximum atomic E-state index is 10.2. The van der Waals surface area contributed by atoms with Crippen LogP contribution in [0.25, 0.3) is 0 Å². The fraction of sp³-hybridized carbons (Fsp3) is 1.00. The third-order valence-corrected chi connectivity index (χ3v) is 4.66. The van der Waals surface area contributed by atoms with E-state index in [0.717, 1.165) is 26.2 Å². The number of hydrogen-bond donors (Lipinski definition) is 1. The highest BCUT2D eigenvalue weighted by Gasteiger charge is 2.36. The molecular weight excluding hydrogens is 238 g/mol. The summed E-state index contributed by atoms with van der Waals surface area (Å²) in [7, 11) is 0. The van der Waals surface area contributed by atoms with E-state index in [9.17, 15) is 5.11 Å². The van der Waals surface area contributed by atoms with Crippen molar-refractivity contribution in [2.75, 3.05) is 26.3 Å². The molecule has 0 amide bonds. The molecule has 0 radical (unpaired) electrons. The van der Waals surface area contributed by atoms with E-state index in [0.29, 0.717) is 17.9 Å². The van der Waals surface area contributed by atoms with E-state index in [1.807, 2.05) is 0 Å². The highest BCUT2D eigenvalue weighted by Crippen LogP contribution is 2.34. The van der Waals surface area contributed by atoms with Gasteiger partial charge < -0.3 is 9.84 Å². The van der Waals surface area contributed by atoms with Gasteiger partial charge in [0.15, 0.2) is 0 Å². The molecule has 0 aromatic carbocycles. The summed E-state index contributed by atoms with van der Waals surface area (Å²) in [6.07, 6.45) is 7.24. The minimum atomic E-state index is -0.0593. The lowest BCUT2D eigenvalue weighted by Gasteiger charge is -2.37. The van der Waals surface area contributed by atoms with Gasteiger partial charge >= 0.3 is 0 Å². The van der Waals surface area contributed by atoms with Crippen LogP contribution in [0.5, 0.6) is 0 Å². The van der Waals surface area contributed by atoms with E-state index in [-0.39, 0.29) is 6.10 Å². The van der Waals surface area contributed by atoms with Gasteiger partial charge in [-0.25, -0.2) is 0 Å². The number of nitrogens with zero attached hydrogens (tertiary/aromatic N) is 1. The SMILES string of the molecule is CC(C)COCCN1CCCC1C1CCCCC1O. The van der Waals surface area contributed by atoms with Crippen LogP contribution in [0.2, 0.25) is 0 Å². The standard InChI is InChI=1S/C16H31NO2/c1-13(2)12-19-11-10-17-9-5-7-15(17)14-6-3-4-8-16(14)18/h13-16,18H,3-12H2,1-2H3. The Hall–Kier alpha value is -0.120. The number of aliphatic hydroxyl groups excluding tert-OH is 1. The first kappa shape index (κ1) is 15.3. The molecular formula is C16H31NO2. The molecule has 19 heavy (non-hydrogen) atoms. The Morgan fingerprint density at radius 3 is 2.68 bits per heavy atom. The summed E-state index contributed by atoms with van der Waals surface area (Å²) in [5, 5.41) is 10.2. The summed E-state index contributed by atoms with van der Waals surface area (Å²) in [6, 6.07) is 0.609. The molecule has 2 rings (SSSR count). The minimum Gasteiger partial charge on any atom is -0.393 e. The predicted molar refractivity (Wildman–Crippen MR) is 78.2 cm³/mol. The molecule has 0 spiro atoms. The van der Waals surface area contributed by atoms with Gasteiger partial charge in [-0.3, -0.25) is 4.90 Å². The lowest BCUT2D eigenvalue weighted by Crippen LogP contribution is -2.43. The summed E-state index contributed by atoms with van der Waals surface area (Å²) in [6.45, 7) is 8.33. The van der Waals surface area contributed by atoms with Crippen LogP contribution in [0.3, 0.4) is 0 Å². The Labute approximate surface area is 118 Å². The number of hydrogen-bond acceptors (Lipinski definition) is 3. The first-order chi connectivity index (χ1) is 9.18. The zero-order valence-corrected chi connectivity index (χ0v) is 12.7. The van der Waals surface area contributed by atoms with Crippen LogP contribution in [0, 0.1) is 11.8 Å². The van der Waals surface area contributed by atoms with Crippen LogP contribution >= 0.6 is 0 Å². The smallest absolute Gasteiger partial charge is 0.0593 e. The van der Waals surface area contributed by atoms with Crippen molar-refractivity contribution in [3.8, 4) is 0 Å². The van der Waals surface area contributed by atoms with Crippen LogP contribution in [0.4, 0.5) is 0 Å². The molecule has 1 aliphatic carbocycles. The van der Waals surface area contributed by atoms with Gasteiger partial charge in [-0.2, -0.15) is 0 Å². The molecule has 1 aliphatic heterocycles. The summed E-state index contributed by atoms with van der Waals surface area (Å²) >= 11 is 0. The van der Waals surface area contributed by atoms with E-state index >= 15 is 0 Å². The van der Waals surface area contributed by atoms with Crippen LogP contribution in [-0.4, -0.2) is 48.5 Å². The molecule has 3 unspecified atom stereocenters. The number of aliphatic hydroxyl groups is 1. The van der Waals surface area contributed by atoms with Crippen molar-refractivity contribution < 1.29 is 9.84 Å². The summed E-state index contributed by atoms with van der Waals surface area (Å²) in [4.78, 5) is 2.57. The van der Waals surface area contributed by atoms with Gasteiger partial charge in [0.05, 0.1) is 12.7 Å². The first-order valence-corrected chi connectivity index (χ1v) is 8.18. The Bertz CT molecular complexity index is 257. The molecule has 1 N–H and O–H groups in total. The second kappa shape index (κ2) is 7.61. The number of rotatable bonds is 6. The fourth-order valence-electron chi connectivity index (χ4n) is 3.70. The second-order valence-corrected chi connectivity index (χ2v) is 6.73. The Kier molecular flexibility index (Phi) is 6.11. The van der Waals surface area contributed by atoms with Gasteiger partial charge in [-0.15, -0.1) is 0 Å². The number of ether oxygens (including phenoxy) is 1. The molecule has 1 saturated heterocycles. The molecule has 2 fully saturated rings. The molecule has 3 atom stereocenters. The largest absolute Gasteiger partial charge is 0.393 e. The van der Waals surface area contributed by atoms with Gasteiger partial charge in [0, 0.05) is 25.1 Å². The molecule has 0 bridgehead atoms. The summed E-state index contributed by atoms with van der Waals surface area (Å²) < 4.78 is 5.72. The van der Waals surface area contributed by atoms with Crippen molar-refractivity contribution in [3.63, 3.8) is 0 Å². The van der Waals surface area contributed by atoms with Gasteiger partial charge in [-0.05, 0) is 38.1 Å². The lowest BCUT2D eigenvalue weighted by atomic mass is 9.80. The average Bonchev–Trinajstić information content (AvgIpc) is 2.83. The third-order valence-electron chi connectivity index (χ3n) is 4.66. The summed E-state index contributed by atoms with van der Waals surface area (Å²) in [5.41, 5.74) is 0. The molecule has 2 aliphatic rings. The van der Waals surface area contributed by atoms with Crippen LogP contribution in [0.1, 0.15) is 52.4 Å².